The van der Waals surface area contributed by atoms with E-state index in [1.165, 1.54) is 0 Å². The molecule has 1 N–H and O–H groups in total. The lowest BCUT2D eigenvalue weighted by Gasteiger charge is -2.28. The standard InChI is InChI=1S/C20H21N3O3/c1-22(2)15-9-5-4-8-14(15)20(25)11-12-23-18(24)13-7-6-10-16(26-3)17(13)21-19(20)23/h4-10,25H,11-12H2,1-3H3/t20-/m1/s1. The molecule has 6 heteroatoms. The molecular weight excluding hydrogens is 330 g/mol. The van der Waals surface area contributed by atoms with Crippen LogP contribution in [0.5, 0.6) is 5.75 Å². The minimum absolute atomic E-state index is 0.151. The zero-order valence-corrected chi connectivity index (χ0v) is 15.1. The highest BCUT2D eigenvalue weighted by Gasteiger charge is 2.43. The summed E-state index contributed by atoms with van der Waals surface area (Å²) in [5, 5.41) is 12.1. The maximum atomic E-state index is 13.0. The summed E-state index contributed by atoms with van der Waals surface area (Å²) in [6.45, 7) is 0.423. The van der Waals surface area contributed by atoms with E-state index in [-0.39, 0.29) is 5.56 Å². The molecule has 1 aromatic heterocycles. The van der Waals surface area contributed by atoms with Crippen LogP contribution in [0.25, 0.3) is 10.9 Å². The van der Waals surface area contributed by atoms with Crippen molar-refractivity contribution in [1.29, 1.82) is 0 Å². The summed E-state index contributed by atoms with van der Waals surface area (Å²) in [6.07, 6.45) is 0.402. The first kappa shape index (κ1) is 16.6. The van der Waals surface area contributed by atoms with Gasteiger partial charge >= 0.3 is 0 Å². The molecule has 1 aliphatic rings. The molecule has 0 radical (unpaired) electrons. The van der Waals surface area contributed by atoms with Gasteiger partial charge in [0.25, 0.3) is 5.56 Å². The van der Waals surface area contributed by atoms with Gasteiger partial charge in [0, 0.05) is 38.3 Å². The highest BCUT2D eigenvalue weighted by atomic mass is 16.5. The molecule has 134 valence electrons. The fraction of sp³-hybridized carbons (Fsp3) is 0.300. The van der Waals surface area contributed by atoms with Crippen molar-refractivity contribution in [3.05, 3.63) is 64.2 Å². The van der Waals surface area contributed by atoms with E-state index in [1.54, 1.807) is 29.9 Å². The molecule has 0 saturated carbocycles. The van der Waals surface area contributed by atoms with E-state index in [0.29, 0.717) is 35.4 Å². The van der Waals surface area contributed by atoms with E-state index in [0.717, 1.165) is 11.3 Å². The summed E-state index contributed by atoms with van der Waals surface area (Å²) in [7, 11) is 5.41. The zero-order valence-electron chi connectivity index (χ0n) is 15.1. The molecule has 0 fully saturated rings. The third-order valence-electron chi connectivity index (χ3n) is 5.07. The van der Waals surface area contributed by atoms with Gasteiger partial charge in [-0.3, -0.25) is 9.36 Å². The molecule has 0 amide bonds. The molecule has 0 saturated heterocycles. The van der Waals surface area contributed by atoms with Gasteiger partial charge in [0.1, 0.15) is 17.1 Å². The van der Waals surface area contributed by atoms with Crippen molar-refractivity contribution in [3.8, 4) is 5.75 Å². The number of benzene rings is 2. The first-order valence-corrected chi connectivity index (χ1v) is 8.54. The summed E-state index contributed by atoms with van der Waals surface area (Å²) < 4.78 is 6.96. The molecule has 1 aliphatic heterocycles. The van der Waals surface area contributed by atoms with Crippen molar-refractivity contribution in [3.63, 3.8) is 0 Å². The Bertz CT molecular complexity index is 1060. The number of rotatable bonds is 3. The third-order valence-corrected chi connectivity index (χ3v) is 5.07. The highest BCUT2D eigenvalue weighted by molar-refractivity contribution is 5.84. The number of para-hydroxylation sites is 2. The molecule has 2 aromatic carbocycles. The van der Waals surface area contributed by atoms with Crippen LogP contribution in [-0.4, -0.2) is 35.9 Å². The number of hydrogen-bond donors (Lipinski definition) is 1. The number of aliphatic hydroxyl groups is 1. The molecule has 0 unspecified atom stereocenters. The van der Waals surface area contributed by atoms with E-state index in [4.69, 9.17) is 4.74 Å². The van der Waals surface area contributed by atoms with Gasteiger partial charge in [0.15, 0.2) is 5.60 Å². The Kier molecular flexibility index (Phi) is 3.73. The summed E-state index contributed by atoms with van der Waals surface area (Å²) >= 11 is 0. The minimum Gasteiger partial charge on any atom is -0.494 e. The lowest BCUT2D eigenvalue weighted by atomic mass is 9.90. The van der Waals surface area contributed by atoms with Crippen molar-refractivity contribution < 1.29 is 9.84 Å². The Morgan fingerprint density at radius 3 is 2.69 bits per heavy atom. The maximum absolute atomic E-state index is 13.0. The third kappa shape index (κ3) is 2.22. The SMILES string of the molecule is COc1cccc2c(=O)n3c(nc12)[C@](O)(c1ccccc1N(C)C)CC3. The normalized spacial score (nSPS) is 18.8. The second-order valence-electron chi connectivity index (χ2n) is 6.77. The highest BCUT2D eigenvalue weighted by Crippen LogP contribution is 2.41. The fourth-order valence-corrected chi connectivity index (χ4v) is 3.76. The zero-order chi connectivity index (χ0) is 18.5. The van der Waals surface area contributed by atoms with Gasteiger partial charge in [-0.15, -0.1) is 0 Å². The number of anilines is 1. The topological polar surface area (TPSA) is 67.6 Å². The van der Waals surface area contributed by atoms with E-state index < -0.39 is 5.60 Å². The monoisotopic (exact) mass is 351 g/mol. The molecule has 3 aromatic rings. The lowest BCUT2D eigenvalue weighted by molar-refractivity contribution is 0.0790. The summed E-state index contributed by atoms with van der Waals surface area (Å²) in [5.41, 5.74) is 0.654. The van der Waals surface area contributed by atoms with Crippen LogP contribution in [0.2, 0.25) is 0 Å². The van der Waals surface area contributed by atoms with Crippen LogP contribution < -0.4 is 15.2 Å². The van der Waals surface area contributed by atoms with E-state index in [9.17, 15) is 9.90 Å². The van der Waals surface area contributed by atoms with Gasteiger partial charge in [-0.2, -0.15) is 0 Å². The Hall–Kier alpha value is -2.86. The van der Waals surface area contributed by atoms with Crippen LogP contribution in [0.3, 0.4) is 0 Å². The smallest absolute Gasteiger partial charge is 0.261 e. The Balaban J connectivity index is 2.03. The number of methoxy groups -OCH3 is 1. The average molecular weight is 351 g/mol. The van der Waals surface area contributed by atoms with E-state index >= 15 is 0 Å². The molecule has 0 spiro atoms. The van der Waals surface area contributed by atoms with Gasteiger partial charge in [0.2, 0.25) is 0 Å². The van der Waals surface area contributed by atoms with Gasteiger partial charge in [0.05, 0.1) is 12.5 Å². The van der Waals surface area contributed by atoms with Crippen LogP contribution in [-0.2, 0) is 12.1 Å². The number of hydrogen-bond acceptors (Lipinski definition) is 5. The van der Waals surface area contributed by atoms with E-state index in [2.05, 4.69) is 4.98 Å². The van der Waals surface area contributed by atoms with Crippen molar-refractivity contribution in [2.75, 3.05) is 26.1 Å². The Labute approximate surface area is 151 Å². The molecule has 6 nitrogen and oxygen atoms in total. The molecular formula is C20H21N3O3. The van der Waals surface area contributed by atoms with Crippen molar-refractivity contribution >= 4 is 16.6 Å². The minimum atomic E-state index is -1.32. The van der Waals surface area contributed by atoms with Crippen molar-refractivity contribution in [2.24, 2.45) is 0 Å². The Morgan fingerprint density at radius 1 is 1.19 bits per heavy atom. The second-order valence-corrected chi connectivity index (χ2v) is 6.77. The molecule has 0 bridgehead atoms. The number of nitrogens with zero attached hydrogens (tertiary/aromatic N) is 3. The maximum Gasteiger partial charge on any atom is 0.261 e. The van der Waals surface area contributed by atoms with Crippen LogP contribution >= 0.6 is 0 Å². The molecule has 2 heterocycles. The first-order chi connectivity index (χ1) is 12.5. The van der Waals surface area contributed by atoms with E-state index in [1.807, 2.05) is 43.3 Å². The quantitative estimate of drug-likeness (QED) is 0.783. The fourth-order valence-electron chi connectivity index (χ4n) is 3.76. The summed E-state index contributed by atoms with van der Waals surface area (Å²) in [6, 6.07) is 13.0. The van der Waals surface area contributed by atoms with Gasteiger partial charge in [-0.05, 0) is 18.2 Å². The van der Waals surface area contributed by atoms with Gasteiger partial charge in [-0.25, -0.2) is 4.98 Å². The second kappa shape index (κ2) is 5.85. The number of ether oxygens (including phenoxy) is 1. The van der Waals surface area contributed by atoms with Gasteiger partial charge < -0.3 is 14.7 Å². The molecule has 1 atom stereocenters. The predicted molar refractivity (Wildman–Crippen MR) is 101 cm³/mol. The van der Waals surface area contributed by atoms with Crippen molar-refractivity contribution in [2.45, 2.75) is 18.6 Å². The van der Waals surface area contributed by atoms with Crippen LogP contribution in [0.4, 0.5) is 5.69 Å². The lowest BCUT2D eigenvalue weighted by Crippen LogP contribution is -2.31. The summed E-state index contributed by atoms with van der Waals surface area (Å²) in [5.74, 6) is 0.895. The molecule has 0 aliphatic carbocycles. The van der Waals surface area contributed by atoms with Crippen molar-refractivity contribution in [1.82, 2.24) is 9.55 Å². The summed E-state index contributed by atoms with van der Waals surface area (Å²) in [4.78, 5) is 19.6. The Morgan fingerprint density at radius 2 is 1.96 bits per heavy atom. The van der Waals surface area contributed by atoms with Crippen LogP contribution in [0.1, 0.15) is 17.8 Å². The number of fused-ring (bicyclic) bond motifs is 2. The van der Waals surface area contributed by atoms with Crippen LogP contribution in [0.15, 0.2) is 47.3 Å². The van der Waals surface area contributed by atoms with Gasteiger partial charge in [-0.1, -0.05) is 24.3 Å². The average Bonchev–Trinajstić information content (AvgIpc) is 3.00. The number of aromatic nitrogens is 2. The predicted octanol–water partition coefficient (Wildman–Crippen LogP) is 2.11. The first-order valence-electron chi connectivity index (χ1n) is 8.54. The molecule has 4 rings (SSSR count). The van der Waals surface area contributed by atoms with Crippen LogP contribution in [0, 0.1) is 0 Å². The molecule has 26 heavy (non-hydrogen) atoms. The largest absolute Gasteiger partial charge is 0.494 e.